The van der Waals surface area contributed by atoms with Crippen molar-refractivity contribution in [3.05, 3.63) is 39.8 Å². The largest absolute Gasteiger partial charge is 0.351 e. The molecule has 6 nitrogen and oxygen atoms in total. The van der Waals surface area contributed by atoms with Crippen LogP contribution in [0.3, 0.4) is 0 Å². The summed E-state index contributed by atoms with van der Waals surface area (Å²) in [4.78, 5) is 26.3. The number of nitrogens with one attached hydrogen (secondary N) is 1. The molecule has 3 rings (SSSR count). The summed E-state index contributed by atoms with van der Waals surface area (Å²) in [6, 6.07) is 6.68. The molecule has 1 atom stereocenters. The maximum absolute atomic E-state index is 12.5. The molecule has 0 radical (unpaired) electrons. The third kappa shape index (κ3) is 4.46. The molecule has 1 aromatic rings. The molecule has 1 aromatic carbocycles. The molecule has 10 heteroatoms. The van der Waals surface area contributed by atoms with E-state index in [-0.39, 0.29) is 28.3 Å². The number of carbonyl (C=O) groups is 2. The number of carbonyl (C=O) groups excluding carboxylic acids is 2. The monoisotopic (exact) mass is 430 g/mol. The Morgan fingerprint density at radius 2 is 2.15 bits per heavy atom. The minimum Gasteiger partial charge on any atom is -0.351 e. The summed E-state index contributed by atoms with van der Waals surface area (Å²) in [5.74, 6) is -0.792. The molecule has 0 aromatic heterocycles. The van der Waals surface area contributed by atoms with E-state index >= 15 is 0 Å². The lowest BCUT2D eigenvalue weighted by Crippen LogP contribution is -2.43. The van der Waals surface area contributed by atoms with Crippen molar-refractivity contribution in [3.8, 4) is 0 Å². The summed E-state index contributed by atoms with van der Waals surface area (Å²) >= 11 is 12.4. The second-order valence-electron chi connectivity index (χ2n) is 5.96. The topological polar surface area (TPSA) is 83.6 Å². The Labute approximate surface area is 165 Å². The van der Waals surface area contributed by atoms with Crippen LogP contribution in [0.15, 0.2) is 29.2 Å². The molecule has 2 heterocycles. The number of hydrogen-bond acceptors (Lipinski definition) is 6. The number of thiocarbonyl (C=S) groups is 1. The van der Waals surface area contributed by atoms with Crippen molar-refractivity contribution < 1.29 is 18.0 Å². The van der Waals surface area contributed by atoms with Gasteiger partial charge in [-0.05, 0) is 24.1 Å². The van der Waals surface area contributed by atoms with Gasteiger partial charge in [0.1, 0.15) is 10.9 Å². The van der Waals surface area contributed by atoms with Crippen LogP contribution in [0.1, 0.15) is 12.0 Å². The number of rotatable bonds is 4. The average molecular weight is 431 g/mol. The quantitative estimate of drug-likeness (QED) is 0.579. The van der Waals surface area contributed by atoms with E-state index in [0.29, 0.717) is 21.9 Å². The maximum Gasteiger partial charge on any atom is 0.266 e. The number of nitrogens with zero attached hydrogens (tertiary/aromatic N) is 1. The van der Waals surface area contributed by atoms with Gasteiger partial charge >= 0.3 is 0 Å². The van der Waals surface area contributed by atoms with E-state index < -0.39 is 21.8 Å². The van der Waals surface area contributed by atoms with Crippen LogP contribution in [0, 0.1) is 0 Å². The van der Waals surface area contributed by atoms with Gasteiger partial charge in [0.2, 0.25) is 5.91 Å². The lowest BCUT2D eigenvalue weighted by molar-refractivity contribution is -0.129. The summed E-state index contributed by atoms with van der Waals surface area (Å²) in [6.07, 6.45) is 2.03. The van der Waals surface area contributed by atoms with Gasteiger partial charge in [0.05, 0.1) is 16.4 Å². The summed E-state index contributed by atoms with van der Waals surface area (Å²) < 4.78 is 23.2. The Bertz CT molecular complexity index is 914. The molecule has 138 valence electrons. The van der Waals surface area contributed by atoms with Gasteiger partial charge in [-0.1, -0.05) is 53.8 Å². The van der Waals surface area contributed by atoms with Crippen LogP contribution in [-0.2, 0) is 19.4 Å². The summed E-state index contributed by atoms with van der Waals surface area (Å²) in [6.45, 7) is -0.235. The Kier molecular flexibility index (Phi) is 5.71. The van der Waals surface area contributed by atoms with Gasteiger partial charge in [-0.3, -0.25) is 14.5 Å². The molecular weight excluding hydrogens is 416 g/mol. The Balaban J connectivity index is 1.66. The SMILES string of the molecule is O=C(CN1C(=O)C(=Cc2ccccc2Cl)SC1=S)NC1CCS(=O)(=O)C1. The number of hydrogen-bond donors (Lipinski definition) is 1. The molecule has 2 aliphatic rings. The van der Waals surface area contributed by atoms with Crippen LogP contribution in [0.25, 0.3) is 6.08 Å². The summed E-state index contributed by atoms with van der Waals surface area (Å²) in [5, 5.41) is 3.17. The number of benzene rings is 1. The van der Waals surface area contributed by atoms with Gasteiger partial charge in [0.25, 0.3) is 5.91 Å². The third-order valence-corrected chi connectivity index (χ3v) is 7.45. The predicted octanol–water partition coefficient (Wildman–Crippen LogP) is 1.84. The number of amides is 2. The Morgan fingerprint density at radius 3 is 2.81 bits per heavy atom. The zero-order valence-corrected chi connectivity index (χ0v) is 16.7. The van der Waals surface area contributed by atoms with Gasteiger partial charge in [-0.15, -0.1) is 0 Å². The van der Waals surface area contributed by atoms with Crippen molar-refractivity contribution in [2.24, 2.45) is 0 Å². The molecule has 1 unspecified atom stereocenters. The molecule has 2 aliphatic heterocycles. The molecule has 2 saturated heterocycles. The van der Waals surface area contributed by atoms with Crippen LogP contribution >= 0.6 is 35.6 Å². The summed E-state index contributed by atoms with van der Waals surface area (Å²) in [7, 11) is -3.08. The van der Waals surface area contributed by atoms with Crippen molar-refractivity contribution in [1.29, 1.82) is 0 Å². The van der Waals surface area contributed by atoms with E-state index in [9.17, 15) is 18.0 Å². The fraction of sp³-hybridized carbons (Fsp3) is 0.312. The van der Waals surface area contributed by atoms with E-state index in [1.165, 1.54) is 4.90 Å². The van der Waals surface area contributed by atoms with Gasteiger partial charge in [-0.25, -0.2) is 8.42 Å². The van der Waals surface area contributed by atoms with Crippen LogP contribution < -0.4 is 5.32 Å². The molecule has 2 amide bonds. The van der Waals surface area contributed by atoms with Crippen LogP contribution in [0.5, 0.6) is 0 Å². The molecular formula is C16H15ClN2O4S3. The smallest absolute Gasteiger partial charge is 0.266 e. The van der Waals surface area contributed by atoms with E-state index in [1.807, 2.05) is 6.07 Å². The highest BCUT2D eigenvalue weighted by atomic mass is 35.5. The fourth-order valence-electron chi connectivity index (χ4n) is 2.70. The lowest BCUT2D eigenvalue weighted by Gasteiger charge is -2.16. The maximum atomic E-state index is 12.5. The highest BCUT2D eigenvalue weighted by Crippen LogP contribution is 2.33. The third-order valence-electron chi connectivity index (χ3n) is 3.96. The van der Waals surface area contributed by atoms with Crippen LogP contribution in [0.4, 0.5) is 0 Å². The first-order valence-corrected chi connectivity index (χ1v) is 11.2. The fourth-order valence-corrected chi connectivity index (χ4v) is 5.81. The molecule has 1 N–H and O–H groups in total. The first-order valence-electron chi connectivity index (χ1n) is 7.75. The van der Waals surface area contributed by atoms with E-state index in [2.05, 4.69) is 5.32 Å². The highest BCUT2D eigenvalue weighted by molar-refractivity contribution is 8.26. The zero-order chi connectivity index (χ0) is 18.9. The molecule has 0 bridgehead atoms. The normalized spacial score (nSPS) is 23.7. The van der Waals surface area contributed by atoms with Gasteiger partial charge < -0.3 is 5.32 Å². The molecule has 0 aliphatic carbocycles. The van der Waals surface area contributed by atoms with E-state index in [0.717, 1.165) is 11.8 Å². The van der Waals surface area contributed by atoms with Gasteiger partial charge in [0.15, 0.2) is 9.84 Å². The van der Waals surface area contributed by atoms with Crippen molar-refractivity contribution in [1.82, 2.24) is 10.2 Å². The first-order chi connectivity index (χ1) is 12.2. The van der Waals surface area contributed by atoms with Gasteiger partial charge in [0, 0.05) is 11.1 Å². The average Bonchev–Trinajstić information content (AvgIpc) is 3.03. The van der Waals surface area contributed by atoms with E-state index in [4.69, 9.17) is 23.8 Å². The predicted molar refractivity (Wildman–Crippen MR) is 107 cm³/mol. The second-order valence-corrected chi connectivity index (χ2v) is 10.3. The second kappa shape index (κ2) is 7.67. The minimum absolute atomic E-state index is 0.0659. The van der Waals surface area contributed by atoms with Crippen molar-refractivity contribution >= 4 is 67.6 Å². The van der Waals surface area contributed by atoms with Crippen molar-refractivity contribution in [3.63, 3.8) is 0 Å². The molecule has 0 spiro atoms. The number of thioether (sulfide) groups is 1. The molecule has 26 heavy (non-hydrogen) atoms. The Hall–Kier alpha value is -1.42. The van der Waals surface area contributed by atoms with Crippen molar-refractivity contribution in [2.75, 3.05) is 18.1 Å². The summed E-state index contributed by atoms with van der Waals surface area (Å²) in [5.41, 5.74) is 0.690. The number of halogens is 1. The molecule has 2 fully saturated rings. The Morgan fingerprint density at radius 1 is 1.42 bits per heavy atom. The van der Waals surface area contributed by atoms with Crippen LogP contribution in [0.2, 0.25) is 5.02 Å². The molecule has 0 saturated carbocycles. The number of sulfone groups is 1. The first kappa shape index (κ1) is 19.3. The standard InChI is InChI=1S/C16H15ClN2O4S3/c17-12-4-2-1-3-10(12)7-13-15(21)19(16(24)25-13)8-14(20)18-11-5-6-26(22,23)9-11/h1-4,7,11H,5-6,8-9H2,(H,18,20). The van der Waals surface area contributed by atoms with Gasteiger partial charge in [-0.2, -0.15) is 0 Å². The highest BCUT2D eigenvalue weighted by Gasteiger charge is 2.35. The van der Waals surface area contributed by atoms with Crippen molar-refractivity contribution in [2.45, 2.75) is 12.5 Å². The minimum atomic E-state index is -3.08. The zero-order valence-electron chi connectivity index (χ0n) is 13.5. The van der Waals surface area contributed by atoms with Crippen LogP contribution in [-0.4, -0.2) is 53.5 Å². The lowest BCUT2D eigenvalue weighted by atomic mass is 10.2. The van der Waals surface area contributed by atoms with E-state index in [1.54, 1.807) is 24.3 Å².